The van der Waals surface area contributed by atoms with Gasteiger partial charge in [0.2, 0.25) is 0 Å². The lowest BCUT2D eigenvalue weighted by Crippen LogP contribution is -2.26. The number of ether oxygens (including phenoxy) is 1. The van der Waals surface area contributed by atoms with Crippen LogP contribution in [0, 0.1) is 6.43 Å². The molecule has 0 saturated heterocycles. The molecule has 0 N–H and O–H groups in total. The molecule has 0 saturated carbocycles. The van der Waals surface area contributed by atoms with E-state index in [0.29, 0.717) is 0 Å². The first-order valence-corrected chi connectivity index (χ1v) is 3.59. The highest BCUT2D eigenvalue weighted by Gasteiger charge is 2.44. The maximum absolute atomic E-state index is 13.4. The number of hydrogen-bond acceptors (Lipinski definition) is 1. The van der Waals surface area contributed by atoms with Gasteiger partial charge in [-0.2, -0.15) is 13.2 Å². The Labute approximate surface area is 74.1 Å². The van der Waals surface area contributed by atoms with Gasteiger partial charge in [-0.1, -0.05) is 30.3 Å². The molecule has 0 aromatic heterocycles. The van der Waals surface area contributed by atoms with Crippen LogP contribution in [0.15, 0.2) is 30.3 Å². The van der Waals surface area contributed by atoms with E-state index in [4.69, 9.17) is 0 Å². The molecule has 1 atom stereocenters. The molecule has 1 nitrogen and oxygen atoms in total. The second kappa shape index (κ2) is 3.79. The molecule has 0 amide bonds. The van der Waals surface area contributed by atoms with Crippen molar-refractivity contribution in [3.63, 3.8) is 0 Å². The van der Waals surface area contributed by atoms with Crippen molar-refractivity contribution >= 4 is 0 Å². The third-order valence-corrected chi connectivity index (χ3v) is 1.67. The highest BCUT2D eigenvalue weighted by atomic mass is 19.3. The Kier molecular flexibility index (Phi) is 2.93. The summed E-state index contributed by atoms with van der Waals surface area (Å²) < 4.78 is 41.9. The number of benzene rings is 1. The van der Waals surface area contributed by atoms with Gasteiger partial charge < -0.3 is 4.74 Å². The molecule has 0 bridgehead atoms. The largest absolute Gasteiger partial charge is 0.378 e. The molecule has 71 valence electrons. The summed E-state index contributed by atoms with van der Waals surface area (Å²) in [4.78, 5) is 0. The third kappa shape index (κ3) is 1.83. The molecule has 1 unspecified atom stereocenters. The van der Waals surface area contributed by atoms with Gasteiger partial charge in [-0.05, 0) is 0 Å². The van der Waals surface area contributed by atoms with Crippen LogP contribution in [0.2, 0.25) is 0 Å². The van der Waals surface area contributed by atoms with E-state index in [-0.39, 0.29) is 5.56 Å². The summed E-state index contributed by atoms with van der Waals surface area (Å²) in [6, 6.07) is 7.01. The lowest BCUT2D eigenvalue weighted by molar-refractivity contribution is -0.163. The molecule has 0 fully saturated rings. The van der Waals surface area contributed by atoms with Crippen molar-refractivity contribution in [2.75, 3.05) is 7.11 Å². The van der Waals surface area contributed by atoms with Crippen LogP contribution in [-0.4, -0.2) is 7.11 Å². The summed E-state index contributed by atoms with van der Waals surface area (Å²) in [6.45, 7) is 0. The van der Waals surface area contributed by atoms with Gasteiger partial charge in [0.1, 0.15) is 0 Å². The van der Waals surface area contributed by atoms with Crippen LogP contribution in [0.25, 0.3) is 0 Å². The molecule has 1 aromatic carbocycles. The Bertz CT molecular complexity index is 263. The van der Waals surface area contributed by atoms with E-state index in [1.807, 2.05) is 0 Å². The molecule has 4 heteroatoms. The van der Waals surface area contributed by atoms with Crippen LogP contribution in [-0.2, 0) is 10.6 Å². The van der Waals surface area contributed by atoms with Crippen molar-refractivity contribution in [3.8, 4) is 0 Å². The van der Waals surface area contributed by atoms with E-state index in [9.17, 15) is 13.2 Å². The molecule has 13 heavy (non-hydrogen) atoms. The summed E-state index contributed by atoms with van der Waals surface area (Å²) in [6.07, 6.45) is -2.40. The molecular weight excluding hydrogens is 181 g/mol. The number of hydrogen-bond donors (Lipinski definition) is 0. The van der Waals surface area contributed by atoms with Gasteiger partial charge in [-0.15, -0.1) is 0 Å². The predicted molar refractivity (Wildman–Crippen MR) is 41.7 cm³/mol. The van der Waals surface area contributed by atoms with Crippen LogP contribution in [0.1, 0.15) is 5.56 Å². The zero-order valence-corrected chi connectivity index (χ0v) is 6.93. The first-order valence-electron chi connectivity index (χ1n) is 3.59. The second-order valence-corrected chi connectivity index (χ2v) is 2.43. The highest BCUT2D eigenvalue weighted by molar-refractivity contribution is 5.23. The molecular formula is C9H8F3O. The SMILES string of the molecule is COC(F)([C](F)F)c1ccccc1. The zero-order valence-electron chi connectivity index (χ0n) is 6.93. The molecule has 0 spiro atoms. The molecule has 0 aliphatic heterocycles. The van der Waals surface area contributed by atoms with Crippen molar-refractivity contribution in [2.45, 2.75) is 5.85 Å². The Morgan fingerprint density at radius 1 is 1.23 bits per heavy atom. The van der Waals surface area contributed by atoms with Crippen molar-refractivity contribution in [2.24, 2.45) is 0 Å². The number of rotatable bonds is 3. The Morgan fingerprint density at radius 3 is 2.15 bits per heavy atom. The summed E-state index contributed by atoms with van der Waals surface area (Å²) in [7, 11) is 0.895. The van der Waals surface area contributed by atoms with Crippen LogP contribution in [0.5, 0.6) is 0 Å². The Balaban J connectivity index is 3.03. The lowest BCUT2D eigenvalue weighted by Gasteiger charge is -2.21. The van der Waals surface area contributed by atoms with E-state index < -0.39 is 12.3 Å². The standard InChI is InChI=1S/C9H8F3O/c1-13-9(12,8(10)11)7-5-3-2-4-6-7/h2-6H,1H3. The first kappa shape index (κ1) is 10.1. The van der Waals surface area contributed by atoms with E-state index in [0.717, 1.165) is 7.11 Å². The highest BCUT2D eigenvalue weighted by Crippen LogP contribution is 2.37. The van der Waals surface area contributed by atoms with Crippen LogP contribution in [0.4, 0.5) is 13.2 Å². The van der Waals surface area contributed by atoms with Crippen LogP contribution >= 0.6 is 0 Å². The average Bonchev–Trinajstić information content (AvgIpc) is 2.17. The van der Waals surface area contributed by atoms with Crippen LogP contribution < -0.4 is 0 Å². The first-order chi connectivity index (χ1) is 6.11. The van der Waals surface area contributed by atoms with Crippen molar-refractivity contribution in [1.82, 2.24) is 0 Å². The molecule has 1 aromatic rings. The van der Waals surface area contributed by atoms with Gasteiger partial charge in [0.25, 0.3) is 0 Å². The van der Waals surface area contributed by atoms with Gasteiger partial charge in [0.05, 0.1) is 0 Å². The molecule has 0 heterocycles. The van der Waals surface area contributed by atoms with E-state index in [2.05, 4.69) is 4.74 Å². The minimum absolute atomic E-state index is 0.211. The van der Waals surface area contributed by atoms with Gasteiger partial charge in [-0.3, -0.25) is 0 Å². The molecule has 1 rings (SSSR count). The maximum Gasteiger partial charge on any atom is 0.378 e. The topological polar surface area (TPSA) is 9.23 Å². The second-order valence-electron chi connectivity index (χ2n) is 2.43. The number of alkyl halides is 1. The molecule has 1 radical (unpaired) electrons. The normalized spacial score (nSPS) is 15.8. The smallest absolute Gasteiger partial charge is 0.341 e. The summed E-state index contributed by atoms with van der Waals surface area (Å²) in [5.74, 6) is -3.08. The predicted octanol–water partition coefficient (Wildman–Crippen LogP) is 2.88. The van der Waals surface area contributed by atoms with Crippen molar-refractivity contribution < 1.29 is 17.9 Å². The molecule has 0 aliphatic carbocycles. The fourth-order valence-corrected chi connectivity index (χ4v) is 0.957. The van der Waals surface area contributed by atoms with Gasteiger partial charge in [0.15, 0.2) is 0 Å². The van der Waals surface area contributed by atoms with E-state index >= 15 is 0 Å². The van der Waals surface area contributed by atoms with Crippen molar-refractivity contribution in [1.29, 1.82) is 0 Å². The summed E-state index contributed by atoms with van der Waals surface area (Å²) in [5, 5.41) is 0. The van der Waals surface area contributed by atoms with Gasteiger partial charge >= 0.3 is 12.3 Å². The lowest BCUT2D eigenvalue weighted by atomic mass is 10.1. The fraction of sp³-hybridized carbons (Fsp3) is 0.222. The van der Waals surface area contributed by atoms with E-state index in [1.165, 1.54) is 24.3 Å². The Hall–Kier alpha value is -1.03. The minimum atomic E-state index is -3.08. The monoisotopic (exact) mass is 189 g/mol. The Morgan fingerprint density at radius 2 is 1.77 bits per heavy atom. The van der Waals surface area contributed by atoms with Gasteiger partial charge in [-0.25, -0.2) is 0 Å². The van der Waals surface area contributed by atoms with Crippen LogP contribution in [0.3, 0.4) is 0 Å². The van der Waals surface area contributed by atoms with Crippen molar-refractivity contribution in [3.05, 3.63) is 42.3 Å². The third-order valence-electron chi connectivity index (χ3n) is 1.67. The maximum atomic E-state index is 13.4. The quantitative estimate of drug-likeness (QED) is 0.710. The fourth-order valence-electron chi connectivity index (χ4n) is 0.957. The average molecular weight is 189 g/mol. The minimum Gasteiger partial charge on any atom is -0.341 e. The zero-order chi connectivity index (χ0) is 9.90. The van der Waals surface area contributed by atoms with Gasteiger partial charge in [0, 0.05) is 12.7 Å². The molecule has 0 aliphatic rings. The number of methoxy groups -OCH3 is 1. The number of halogens is 3. The van der Waals surface area contributed by atoms with E-state index in [1.54, 1.807) is 6.07 Å². The summed E-state index contributed by atoms with van der Waals surface area (Å²) >= 11 is 0. The summed E-state index contributed by atoms with van der Waals surface area (Å²) in [5.41, 5.74) is -0.211.